The van der Waals surface area contributed by atoms with Crippen LogP contribution in [-0.4, -0.2) is 38.8 Å². The van der Waals surface area contributed by atoms with Gasteiger partial charge in [0.15, 0.2) is 5.56 Å². The minimum Gasteiger partial charge on any atom is -0.497 e. The van der Waals surface area contributed by atoms with Crippen LogP contribution in [0.15, 0.2) is 42.5 Å². The normalized spacial score (nSPS) is 10.3. The highest BCUT2D eigenvalue weighted by Crippen LogP contribution is 2.33. The smallest absolute Gasteiger partial charge is 0.346 e. The van der Waals surface area contributed by atoms with Crippen LogP contribution in [-0.2, 0) is 17.9 Å². The summed E-state index contributed by atoms with van der Waals surface area (Å²) >= 11 is 1.13. The molecule has 0 aliphatic rings. The number of benzene rings is 2. The molecule has 0 aliphatic heterocycles. The molecule has 0 unspecified atom stereocenters. The van der Waals surface area contributed by atoms with Gasteiger partial charge in [-0.1, -0.05) is 12.1 Å². The van der Waals surface area contributed by atoms with Gasteiger partial charge in [-0.3, -0.25) is 0 Å². The predicted molar refractivity (Wildman–Crippen MR) is 118 cm³/mol. The van der Waals surface area contributed by atoms with Gasteiger partial charge in [-0.15, -0.1) is 0 Å². The number of hydrogen-bond donors (Lipinski definition) is 1. The van der Waals surface area contributed by atoms with Gasteiger partial charge < -0.3 is 29.0 Å². The number of nitrogens with one attached hydrogen (secondary N) is 1. The largest absolute Gasteiger partial charge is 0.497 e. The number of aromatic nitrogens is 1. The number of anilines is 1. The Bertz CT molecular complexity index is 1040. The number of hydrogen-bond acceptors (Lipinski definition) is 9. The van der Waals surface area contributed by atoms with Crippen LogP contribution in [0.4, 0.5) is 5.00 Å². The third-order valence-corrected chi connectivity index (χ3v) is 5.28. The monoisotopic (exact) mass is 444 g/mol. The average molecular weight is 445 g/mol. The summed E-state index contributed by atoms with van der Waals surface area (Å²) in [6.45, 7) is 0.644. The molecule has 1 aromatic heterocycles. The highest BCUT2D eigenvalue weighted by Gasteiger charge is 2.23. The number of methoxy groups -OCH3 is 4. The van der Waals surface area contributed by atoms with Gasteiger partial charge in [0.25, 0.3) is 0 Å². The number of esters is 1. The SMILES string of the molecule is COC(=O)c1c(OCc2cccc(OC)c2)nsc1NCc1ccc(OC)cc1OC. The van der Waals surface area contributed by atoms with E-state index in [4.69, 9.17) is 23.7 Å². The van der Waals surface area contributed by atoms with Crippen molar-refractivity contribution in [2.45, 2.75) is 13.2 Å². The van der Waals surface area contributed by atoms with Crippen LogP contribution in [0.25, 0.3) is 0 Å². The molecule has 3 aromatic rings. The molecule has 9 heteroatoms. The van der Waals surface area contributed by atoms with Crippen molar-refractivity contribution in [1.29, 1.82) is 0 Å². The Morgan fingerprint density at radius 2 is 1.77 bits per heavy atom. The Morgan fingerprint density at radius 1 is 1.00 bits per heavy atom. The summed E-state index contributed by atoms with van der Waals surface area (Å²) in [6.07, 6.45) is 0. The molecule has 1 heterocycles. The van der Waals surface area contributed by atoms with Crippen LogP contribution in [0, 0.1) is 0 Å². The third-order valence-electron chi connectivity index (χ3n) is 4.49. The first kappa shape index (κ1) is 22.2. The summed E-state index contributed by atoms with van der Waals surface area (Å²) in [5, 5.41) is 3.77. The second-order valence-electron chi connectivity index (χ2n) is 6.35. The molecule has 0 spiro atoms. The van der Waals surface area contributed by atoms with E-state index in [0.29, 0.717) is 23.0 Å². The minimum absolute atomic E-state index is 0.212. The molecule has 0 radical (unpaired) electrons. The van der Waals surface area contributed by atoms with Crippen LogP contribution in [0.5, 0.6) is 23.1 Å². The van der Waals surface area contributed by atoms with Crippen molar-refractivity contribution in [2.75, 3.05) is 33.8 Å². The number of ether oxygens (including phenoxy) is 5. The Kier molecular flexibility index (Phi) is 7.55. The number of rotatable bonds is 10. The molecule has 3 rings (SSSR count). The third kappa shape index (κ3) is 5.37. The molecule has 8 nitrogen and oxygen atoms in total. The Hall–Kier alpha value is -3.46. The molecule has 0 fully saturated rings. The fourth-order valence-electron chi connectivity index (χ4n) is 2.86. The van der Waals surface area contributed by atoms with Gasteiger partial charge in [-0.25, -0.2) is 4.79 Å². The van der Waals surface area contributed by atoms with Crippen molar-refractivity contribution in [1.82, 2.24) is 4.37 Å². The molecule has 0 bridgehead atoms. The van der Waals surface area contributed by atoms with E-state index in [0.717, 1.165) is 28.4 Å². The maximum absolute atomic E-state index is 12.4. The minimum atomic E-state index is -0.529. The molecule has 1 N–H and O–H groups in total. The van der Waals surface area contributed by atoms with E-state index in [9.17, 15) is 4.79 Å². The van der Waals surface area contributed by atoms with E-state index in [1.54, 1.807) is 27.4 Å². The molecular weight excluding hydrogens is 420 g/mol. The highest BCUT2D eigenvalue weighted by molar-refractivity contribution is 7.10. The van der Waals surface area contributed by atoms with Gasteiger partial charge in [0.1, 0.15) is 28.9 Å². The van der Waals surface area contributed by atoms with E-state index in [1.165, 1.54) is 7.11 Å². The van der Waals surface area contributed by atoms with Gasteiger partial charge >= 0.3 is 5.97 Å². The fourth-order valence-corrected chi connectivity index (χ4v) is 3.58. The molecule has 0 atom stereocenters. The lowest BCUT2D eigenvalue weighted by Crippen LogP contribution is -2.09. The van der Waals surface area contributed by atoms with Gasteiger partial charge in [-0.2, -0.15) is 4.37 Å². The quantitative estimate of drug-likeness (QED) is 0.467. The summed E-state index contributed by atoms with van der Waals surface area (Å²) in [5.74, 6) is 1.78. The zero-order chi connectivity index (χ0) is 22.2. The summed E-state index contributed by atoms with van der Waals surface area (Å²) in [4.78, 5) is 12.4. The lowest BCUT2D eigenvalue weighted by Gasteiger charge is -2.12. The van der Waals surface area contributed by atoms with Crippen molar-refractivity contribution in [2.24, 2.45) is 0 Å². The lowest BCUT2D eigenvalue weighted by atomic mass is 10.2. The molecule has 2 aromatic carbocycles. The number of carbonyl (C=O) groups is 1. The van der Waals surface area contributed by atoms with Gasteiger partial charge in [0.2, 0.25) is 5.88 Å². The summed E-state index contributed by atoms with van der Waals surface area (Å²) < 4.78 is 30.9. The number of nitrogens with zero attached hydrogens (tertiary/aromatic N) is 1. The van der Waals surface area contributed by atoms with E-state index < -0.39 is 5.97 Å². The Labute approximate surface area is 184 Å². The van der Waals surface area contributed by atoms with Crippen LogP contribution in [0.3, 0.4) is 0 Å². The first-order chi connectivity index (χ1) is 15.1. The molecule has 0 amide bonds. The molecule has 0 saturated heterocycles. The Morgan fingerprint density at radius 3 is 2.48 bits per heavy atom. The fraction of sp³-hybridized carbons (Fsp3) is 0.273. The van der Waals surface area contributed by atoms with E-state index in [2.05, 4.69) is 9.69 Å². The first-order valence-electron chi connectivity index (χ1n) is 9.38. The van der Waals surface area contributed by atoms with E-state index >= 15 is 0 Å². The second kappa shape index (κ2) is 10.5. The molecule has 164 valence electrons. The van der Waals surface area contributed by atoms with Crippen molar-refractivity contribution >= 4 is 22.5 Å². The number of carbonyl (C=O) groups excluding carboxylic acids is 1. The highest BCUT2D eigenvalue weighted by atomic mass is 32.1. The maximum atomic E-state index is 12.4. The van der Waals surface area contributed by atoms with Crippen molar-refractivity contribution in [3.05, 3.63) is 59.2 Å². The van der Waals surface area contributed by atoms with Crippen LogP contribution in [0.2, 0.25) is 0 Å². The topological polar surface area (TPSA) is 88.1 Å². The van der Waals surface area contributed by atoms with Crippen molar-refractivity contribution in [3.63, 3.8) is 0 Å². The van der Waals surface area contributed by atoms with E-state index in [-0.39, 0.29) is 18.1 Å². The molecule has 31 heavy (non-hydrogen) atoms. The van der Waals surface area contributed by atoms with Crippen LogP contribution < -0.4 is 24.3 Å². The molecular formula is C22H24N2O6S. The summed E-state index contributed by atoms with van der Waals surface area (Å²) in [5.41, 5.74) is 2.04. The zero-order valence-corrected chi connectivity index (χ0v) is 18.6. The average Bonchev–Trinajstić information content (AvgIpc) is 3.23. The lowest BCUT2D eigenvalue weighted by molar-refractivity contribution is 0.0596. The van der Waals surface area contributed by atoms with Gasteiger partial charge in [0, 0.05) is 18.2 Å². The predicted octanol–water partition coefficient (Wildman–Crippen LogP) is 4.15. The van der Waals surface area contributed by atoms with Crippen molar-refractivity contribution in [3.8, 4) is 23.1 Å². The van der Waals surface area contributed by atoms with E-state index in [1.807, 2.05) is 36.4 Å². The summed E-state index contributed by atoms with van der Waals surface area (Å²) in [7, 11) is 6.11. The standard InChI is InChI=1S/C22H24N2O6S/c1-26-16-7-5-6-14(10-16)13-30-20-19(22(25)29-4)21(31-24-20)23-12-15-8-9-17(27-2)11-18(15)28-3/h5-11,23H,12-13H2,1-4H3. The maximum Gasteiger partial charge on any atom is 0.346 e. The van der Waals surface area contributed by atoms with Crippen molar-refractivity contribution < 1.29 is 28.5 Å². The second-order valence-corrected chi connectivity index (χ2v) is 7.13. The Balaban J connectivity index is 1.77. The molecule has 0 aliphatic carbocycles. The summed E-state index contributed by atoms with van der Waals surface area (Å²) in [6, 6.07) is 13.0. The first-order valence-corrected chi connectivity index (χ1v) is 10.2. The van der Waals surface area contributed by atoms with Crippen LogP contribution in [0.1, 0.15) is 21.5 Å². The molecule has 0 saturated carbocycles. The van der Waals surface area contributed by atoms with Gasteiger partial charge in [-0.05, 0) is 41.4 Å². The zero-order valence-electron chi connectivity index (χ0n) is 17.8. The van der Waals surface area contributed by atoms with Gasteiger partial charge in [0.05, 0.1) is 28.4 Å². The van der Waals surface area contributed by atoms with Crippen LogP contribution >= 0.6 is 11.5 Å².